The van der Waals surface area contributed by atoms with Crippen LogP contribution in [0.1, 0.15) is 23.2 Å². The molecule has 0 bridgehead atoms. The summed E-state index contributed by atoms with van der Waals surface area (Å²) >= 11 is 9.29. The Bertz CT molecular complexity index is 463. The van der Waals surface area contributed by atoms with E-state index >= 15 is 0 Å². The van der Waals surface area contributed by atoms with Crippen LogP contribution in [-0.4, -0.2) is 37.6 Å². The van der Waals surface area contributed by atoms with Gasteiger partial charge in [0.05, 0.1) is 12.2 Å². The molecule has 0 aromatic heterocycles. The molecule has 0 unspecified atom stereocenters. The smallest absolute Gasteiger partial charge is 0.254 e. The summed E-state index contributed by atoms with van der Waals surface area (Å²) in [4.78, 5) is 13.9. The average Bonchev–Trinajstić information content (AvgIpc) is 3.20. The summed E-state index contributed by atoms with van der Waals surface area (Å²) in [6, 6.07) is 5.21. The molecular weight excluding hydrogens is 330 g/mol. The highest BCUT2D eigenvalue weighted by Gasteiger charge is 2.21. The van der Waals surface area contributed by atoms with Crippen molar-refractivity contribution in [2.75, 3.05) is 26.8 Å². The van der Waals surface area contributed by atoms with Gasteiger partial charge in [0.2, 0.25) is 0 Å². The molecule has 0 N–H and O–H groups in total. The van der Waals surface area contributed by atoms with E-state index in [9.17, 15) is 4.79 Å². The standard InChI is InChI=1S/C14H17BrClNO2/c1-17(6-7-19-9-10-2-3-10)14(18)12-8-11(16)4-5-13(12)15/h4-5,8,10H,2-3,6-7,9H2,1H3. The second kappa shape index (κ2) is 6.73. The van der Waals surface area contributed by atoms with E-state index < -0.39 is 0 Å². The molecule has 3 nitrogen and oxygen atoms in total. The summed E-state index contributed by atoms with van der Waals surface area (Å²) in [5.41, 5.74) is 0.581. The molecule has 1 aliphatic rings. The van der Waals surface area contributed by atoms with Crippen LogP contribution in [-0.2, 0) is 4.74 Å². The molecule has 0 radical (unpaired) electrons. The van der Waals surface area contributed by atoms with Gasteiger partial charge < -0.3 is 9.64 Å². The molecule has 0 atom stereocenters. The molecule has 5 heteroatoms. The van der Waals surface area contributed by atoms with Crippen molar-refractivity contribution in [2.45, 2.75) is 12.8 Å². The summed E-state index contributed by atoms with van der Waals surface area (Å²) in [5, 5.41) is 0.560. The lowest BCUT2D eigenvalue weighted by atomic mass is 10.2. The zero-order valence-corrected chi connectivity index (χ0v) is 13.2. The Labute approximate surface area is 127 Å². The van der Waals surface area contributed by atoms with Gasteiger partial charge in [0, 0.05) is 29.7 Å². The Balaban J connectivity index is 1.84. The first-order valence-electron chi connectivity index (χ1n) is 6.36. The van der Waals surface area contributed by atoms with Crippen molar-refractivity contribution >= 4 is 33.4 Å². The third-order valence-electron chi connectivity index (χ3n) is 3.13. The molecule has 1 aromatic rings. The van der Waals surface area contributed by atoms with Gasteiger partial charge in [-0.05, 0) is 52.9 Å². The Morgan fingerprint density at radius 1 is 1.53 bits per heavy atom. The lowest BCUT2D eigenvalue weighted by Gasteiger charge is -2.18. The Kier molecular flexibility index (Phi) is 5.25. The van der Waals surface area contributed by atoms with Crippen LogP contribution >= 0.6 is 27.5 Å². The number of halogens is 2. The van der Waals surface area contributed by atoms with Gasteiger partial charge >= 0.3 is 0 Å². The maximum Gasteiger partial charge on any atom is 0.254 e. The van der Waals surface area contributed by atoms with Gasteiger partial charge in [-0.2, -0.15) is 0 Å². The SMILES string of the molecule is CN(CCOCC1CC1)C(=O)c1cc(Cl)ccc1Br. The molecule has 0 saturated heterocycles. The molecule has 2 rings (SSSR count). The van der Waals surface area contributed by atoms with Gasteiger partial charge in [-0.15, -0.1) is 0 Å². The Morgan fingerprint density at radius 2 is 2.26 bits per heavy atom. The number of amides is 1. The van der Waals surface area contributed by atoms with Gasteiger partial charge in [-0.3, -0.25) is 4.79 Å². The van der Waals surface area contributed by atoms with E-state index in [4.69, 9.17) is 16.3 Å². The fourth-order valence-corrected chi connectivity index (χ4v) is 2.29. The molecule has 0 aliphatic heterocycles. The topological polar surface area (TPSA) is 29.5 Å². The van der Waals surface area contributed by atoms with Crippen molar-refractivity contribution in [3.05, 3.63) is 33.3 Å². The van der Waals surface area contributed by atoms with Gasteiger partial charge in [-0.1, -0.05) is 11.6 Å². The molecule has 1 aliphatic carbocycles. The van der Waals surface area contributed by atoms with E-state index in [-0.39, 0.29) is 5.91 Å². The quantitative estimate of drug-likeness (QED) is 0.737. The van der Waals surface area contributed by atoms with Gasteiger partial charge in [0.25, 0.3) is 5.91 Å². The number of hydrogen-bond donors (Lipinski definition) is 0. The van der Waals surface area contributed by atoms with Crippen molar-refractivity contribution in [2.24, 2.45) is 5.92 Å². The van der Waals surface area contributed by atoms with Crippen LogP contribution in [0.2, 0.25) is 5.02 Å². The highest BCUT2D eigenvalue weighted by molar-refractivity contribution is 9.10. The van der Waals surface area contributed by atoms with Crippen LogP contribution in [0.5, 0.6) is 0 Å². The van der Waals surface area contributed by atoms with Crippen molar-refractivity contribution < 1.29 is 9.53 Å². The molecule has 19 heavy (non-hydrogen) atoms. The summed E-state index contributed by atoms with van der Waals surface area (Å²) in [7, 11) is 1.77. The van der Waals surface area contributed by atoms with Crippen LogP contribution in [0.3, 0.4) is 0 Å². The van der Waals surface area contributed by atoms with Crippen LogP contribution < -0.4 is 0 Å². The molecule has 1 amide bonds. The number of carbonyl (C=O) groups excluding carboxylic acids is 1. The minimum Gasteiger partial charge on any atom is -0.379 e. The minimum absolute atomic E-state index is 0.0515. The van der Waals surface area contributed by atoms with E-state index in [1.165, 1.54) is 12.8 Å². The van der Waals surface area contributed by atoms with Gasteiger partial charge in [0.1, 0.15) is 0 Å². The molecule has 1 saturated carbocycles. The van der Waals surface area contributed by atoms with Crippen LogP contribution in [0, 0.1) is 5.92 Å². The normalized spacial score (nSPS) is 14.5. The van der Waals surface area contributed by atoms with Crippen molar-refractivity contribution in [1.29, 1.82) is 0 Å². The maximum absolute atomic E-state index is 12.2. The first-order chi connectivity index (χ1) is 9.08. The monoisotopic (exact) mass is 345 g/mol. The van der Waals surface area contributed by atoms with Crippen LogP contribution in [0.15, 0.2) is 22.7 Å². The largest absolute Gasteiger partial charge is 0.379 e. The molecule has 1 aromatic carbocycles. The number of likely N-dealkylation sites (N-methyl/N-ethyl adjacent to an activating group) is 1. The number of nitrogens with zero attached hydrogens (tertiary/aromatic N) is 1. The maximum atomic E-state index is 12.2. The van der Waals surface area contributed by atoms with Gasteiger partial charge in [0.15, 0.2) is 0 Å². The van der Waals surface area contributed by atoms with E-state index in [0.717, 1.165) is 17.0 Å². The summed E-state index contributed by atoms with van der Waals surface area (Å²) < 4.78 is 6.29. The zero-order chi connectivity index (χ0) is 13.8. The molecule has 1 fully saturated rings. The third-order valence-corrected chi connectivity index (χ3v) is 4.05. The average molecular weight is 347 g/mol. The van der Waals surface area contributed by atoms with Crippen LogP contribution in [0.25, 0.3) is 0 Å². The predicted octanol–water partition coefficient (Wildman–Crippen LogP) is 3.60. The fourth-order valence-electron chi connectivity index (χ4n) is 1.70. The number of carbonyl (C=O) groups is 1. The van der Waals surface area contributed by atoms with Crippen molar-refractivity contribution in [3.8, 4) is 0 Å². The Morgan fingerprint density at radius 3 is 2.95 bits per heavy atom. The highest BCUT2D eigenvalue weighted by atomic mass is 79.9. The third kappa shape index (κ3) is 4.48. The zero-order valence-electron chi connectivity index (χ0n) is 10.9. The first kappa shape index (κ1) is 14.8. The van der Waals surface area contributed by atoms with E-state index in [1.54, 1.807) is 30.1 Å². The highest BCUT2D eigenvalue weighted by Crippen LogP contribution is 2.28. The van der Waals surface area contributed by atoms with E-state index in [1.807, 2.05) is 0 Å². The first-order valence-corrected chi connectivity index (χ1v) is 7.53. The summed E-state index contributed by atoms with van der Waals surface area (Å²) in [5.74, 6) is 0.701. The second-order valence-electron chi connectivity index (χ2n) is 4.87. The van der Waals surface area contributed by atoms with E-state index in [2.05, 4.69) is 15.9 Å². The summed E-state index contributed by atoms with van der Waals surface area (Å²) in [6.45, 7) is 1.99. The number of benzene rings is 1. The summed E-state index contributed by atoms with van der Waals surface area (Å²) in [6.07, 6.45) is 2.56. The number of rotatable bonds is 6. The fraction of sp³-hybridized carbons (Fsp3) is 0.500. The minimum atomic E-state index is -0.0515. The molecule has 0 heterocycles. The molecule has 104 valence electrons. The lowest BCUT2D eigenvalue weighted by Crippen LogP contribution is -2.30. The lowest BCUT2D eigenvalue weighted by molar-refractivity contribution is 0.0680. The van der Waals surface area contributed by atoms with Crippen molar-refractivity contribution in [3.63, 3.8) is 0 Å². The molecule has 0 spiro atoms. The van der Waals surface area contributed by atoms with Crippen LogP contribution in [0.4, 0.5) is 0 Å². The van der Waals surface area contributed by atoms with Gasteiger partial charge in [-0.25, -0.2) is 0 Å². The predicted molar refractivity (Wildman–Crippen MR) is 79.7 cm³/mol. The van der Waals surface area contributed by atoms with E-state index in [0.29, 0.717) is 23.7 Å². The molecular formula is C14H17BrClNO2. The van der Waals surface area contributed by atoms with Crippen molar-refractivity contribution in [1.82, 2.24) is 4.90 Å². The second-order valence-corrected chi connectivity index (χ2v) is 6.16. The number of ether oxygens (including phenoxy) is 1. The number of hydrogen-bond acceptors (Lipinski definition) is 2. The Hall–Kier alpha value is -0.580.